The van der Waals surface area contributed by atoms with Crippen molar-refractivity contribution in [1.82, 2.24) is 9.80 Å². The summed E-state index contributed by atoms with van der Waals surface area (Å²) in [5.74, 6) is 0.625. The van der Waals surface area contributed by atoms with Gasteiger partial charge in [0.25, 0.3) is 5.91 Å². The van der Waals surface area contributed by atoms with Crippen molar-refractivity contribution in [3.63, 3.8) is 0 Å². The monoisotopic (exact) mass is 406 g/mol. The highest BCUT2D eigenvalue weighted by atomic mass is 16.5. The molecule has 1 unspecified atom stereocenters. The normalized spacial score (nSPS) is 15.9. The number of likely N-dealkylation sites (N-methyl/N-ethyl adjacent to an activating group) is 1. The first kappa shape index (κ1) is 20.2. The van der Waals surface area contributed by atoms with E-state index in [-0.39, 0.29) is 17.1 Å². The molecule has 1 aromatic heterocycles. The van der Waals surface area contributed by atoms with E-state index in [4.69, 9.17) is 9.15 Å². The van der Waals surface area contributed by atoms with Gasteiger partial charge in [0, 0.05) is 13.1 Å². The molecule has 0 fully saturated rings. The van der Waals surface area contributed by atoms with Gasteiger partial charge in [-0.1, -0.05) is 12.1 Å². The van der Waals surface area contributed by atoms with Gasteiger partial charge in [0.05, 0.1) is 24.1 Å². The van der Waals surface area contributed by atoms with Gasteiger partial charge < -0.3 is 19.0 Å². The lowest BCUT2D eigenvalue weighted by Crippen LogP contribution is -2.35. The summed E-state index contributed by atoms with van der Waals surface area (Å²) in [5.41, 5.74) is 3.63. The minimum Gasteiger partial charge on any atom is -0.497 e. The average molecular weight is 406 g/mol. The van der Waals surface area contributed by atoms with Gasteiger partial charge >= 0.3 is 0 Å². The number of fused-ring (bicyclic) bond motifs is 2. The predicted octanol–water partition coefficient (Wildman–Crippen LogP) is 3.53. The first-order valence-corrected chi connectivity index (χ1v) is 9.99. The lowest BCUT2D eigenvalue weighted by molar-refractivity contribution is 0.0716. The number of hydrogen-bond acceptors (Lipinski definition) is 5. The summed E-state index contributed by atoms with van der Waals surface area (Å²) in [5, 5.41) is 0.512. The summed E-state index contributed by atoms with van der Waals surface area (Å²) in [6, 6.07) is 10.7. The molecular weight excluding hydrogens is 380 g/mol. The van der Waals surface area contributed by atoms with Gasteiger partial charge in [0.2, 0.25) is 5.76 Å². The van der Waals surface area contributed by atoms with E-state index in [9.17, 15) is 9.59 Å². The minimum absolute atomic E-state index is 0.143. The van der Waals surface area contributed by atoms with Crippen LogP contribution in [-0.2, 0) is 0 Å². The Kier molecular flexibility index (Phi) is 5.12. The molecule has 0 saturated carbocycles. The SMILES string of the molecule is COc1ccc(C2c3c(oc4cc(C)c(C)cc4c3=O)C(=O)N2CCN(C)C)cc1. The fourth-order valence-electron chi connectivity index (χ4n) is 3.95. The second-order valence-corrected chi connectivity index (χ2v) is 8.08. The Morgan fingerprint density at radius 1 is 1.07 bits per heavy atom. The van der Waals surface area contributed by atoms with Gasteiger partial charge in [-0.15, -0.1) is 0 Å². The molecule has 156 valence electrons. The molecule has 0 bridgehead atoms. The molecule has 0 radical (unpaired) electrons. The minimum atomic E-state index is -0.486. The number of amides is 1. The van der Waals surface area contributed by atoms with Crippen molar-refractivity contribution in [3.8, 4) is 5.75 Å². The molecule has 0 N–H and O–H groups in total. The summed E-state index contributed by atoms with van der Waals surface area (Å²) in [6.07, 6.45) is 0. The number of rotatable bonds is 5. The third kappa shape index (κ3) is 3.27. The van der Waals surface area contributed by atoms with Gasteiger partial charge in [-0.05, 0) is 68.9 Å². The highest BCUT2D eigenvalue weighted by Crippen LogP contribution is 2.38. The average Bonchev–Trinajstić information content (AvgIpc) is 3.00. The number of aryl methyl sites for hydroxylation is 2. The highest BCUT2D eigenvalue weighted by Gasteiger charge is 2.42. The van der Waals surface area contributed by atoms with Crippen molar-refractivity contribution in [1.29, 1.82) is 0 Å². The molecule has 1 atom stereocenters. The van der Waals surface area contributed by atoms with Gasteiger partial charge in [0.1, 0.15) is 11.3 Å². The molecule has 4 rings (SSSR count). The summed E-state index contributed by atoms with van der Waals surface area (Å²) in [6.45, 7) is 5.10. The topological polar surface area (TPSA) is 63.0 Å². The molecule has 6 nitrogen and oxygen atoms in total. The molecule has 6 heteroatoms. The van der Waals surface area contributed by atoms with Crippen LogP contribution in [0.5, 0.6) is 5.75 Å². The van der Waals surface area contributed by atoms with Crippen LogP contribution >= 0.6 is 0 Å². The lowest BCUT2D eigenvalue weighted by atomic mass is 9.97. The van der Waals surface area contributed by atoms with Gasteiger partial charge in [-0.25, -0.2) is 0 Å². The standard InChI is InChI=1S/C24H26N2O4/c1-14-12-18-19(13-15(14)2)30-23-20(22(18)27)21(16-6-8-17(29-5)9-7-16)26(24(23)28)11-10-25(3)4/h6-9,12-13,21H,10-11H2,1-5H3. The molecule has 0 aliphatic carbocycles. The van der Waals surface area contributed by atoms with Crippen molar-refractivity contribution < 1.29 is 13.9 Å². The van der Waals surface area contributed by atoms with Crippen LogP contribution in [0.3, 0.4) is 0 Å². The van der Waals surface area contributed by atoms with Crippen molar-refractivity contribution in [2.75, 3.05) is 34.3 Å². The van der Waals surface area contributed by atoms with E-state index in [2.05, 4.69) is 0 Å². The third-order valence-electron chi connectivity index (χ3n) is 5.80. The highest BCUT2D eigenvalue weighted by molar-refractivity contribution is 5.99. The molecule has 1 amide bonds. The first-order valence-electron chi connectivity index (χ1n) is 9.99. The second kappa shape index (κ2) is 7.61. The molecule has 2 aromatic carbocycles. The van der Waals surface area contributed by atoms with Crippen LogP contribution < -0.4 is 10.2 Å². The van der Waals surface area contributed by atoms with E-state index in [1.165, 1.54) is 0 Å². The Labute approximate surface area is 175 Å². The van der Waals surface area contributed by atoms with Crippen molar-refractivity contribution in [2.45, 2.75) is 19.9 Å². The fourth-order valence-corrected chi connectivity index (χ4v) is 3.95. The molecule has 1 aliphatic heterocycles. The van der Waals surface area contributed by atoms with Crippen LogP contribution in [0.1, 0.15) is 38.9 Å². The van der Waals surface area contributed by atoms with Crippen LogP contribution in [-0.4, -0.2) is 50.0 Å². The van der Waals surface area contributed by atoms with Crippen LogP contribution in [0.2, 0.25) is 0 Å². The van der Waals surface area contributed by atoms with Crippen LogP contribution in [0, 0.1) is 13.8 Å². The summed E-state index contributed by atoms with van der Waals surface area (Å²) < 4.78 is 11.3. The number of methoxy groups -OCH3 is 1. The number of hydrogen-bond donors (Lipinski definition) is 0. The fraction of sp³-hybridized carbons (Fsp3) is 0.333. The van der Waals surface area contributed by atoms with E-state index in [1.807, 2.05) is 69.2 Å². The van der Waals surface area contributed by atoms with E-state index in [1.54, 1.807) is 12.0 Å². The van der Waals surface area contributed by atoms with Gasteiger partial charge in [0.15, 0.2) is 5.43 Å². The van der Waals surface area contributed by atoms with Crippen molar-refractivity contribution in [2.24, 2.45) is 0 Å². The number of ether oxygens (including phenoxy) is 1. The van der Waals surface area contributed by atoms with E-state index in [0.717, 1.165) is 22.4 Å². The van der Waals surface area contributed by atoms with Crippen LogP contribution in [0.4, 0.5) is 0 Å². The zero-order valence-corrected chi connectivity index (χ0v) is 18.0. The Morgan fingerprint density at radius 2 is 1.73 bits per heavy atom. The largest absolute Gasteiger partial charge is 0.497 e. The van der Waals surface area contributed by atoms with Crippen molar-refractivity contribution >= 4 is 16.9 Å². The molecule has 1 aliphatic rings. The Balaban J connectivity index is 1.93. The molecule has 30 heavy (non-hydrogen) atoms. The van der Waals surface area contributed by atoms with Crippen LogP contribution in [0.15, 0.2) is 45.6 Å². The molecule has 2 heterocycles. The molecular formula is C24H26N2O4. The maximum absolute atomic E-state index is 13.5. The van der Waals surface area contributed by atoms with E-state index < -0.39 is 6.04 Å². The number of carbonyl (C=O) groups is 1. The molecule has 0 spiro atoms. The predicted molar refractivity (Wildman–Crippen MR) is 116 cm³/mol. The Morgan fingerprint density at radius 3 is 2.37 bits per heavy atom. The Bertz CT molecular complexity index is 1180. The summed E-state index contributed by atoms with van der Waals surface area (Å²) in [4.78, 5) is 30.6. The summed E-state index contributed by atoms with van der Waals surface area (Å²) >= 11 is 0. The Hall–Kier alpha value is -3.12. The van der Waals surface area contributed by atoms with Gasteiger partial charge in [-0.3, -0.25) is 9.59 Å². The summed E-state index contributed by atoms with van der Waals surface area (Å²) in [7, 11) is 5.52. The molecule has 0 saturated heterocycles. The number of nitrogens with zero attached hydrogens (tertiary/aromatic N) is 2. The molecule has 3 aromatic rings. The van der Waals surface area contributed by atoms with E-state index >= 15 is 0 Å². The third-order valence-corrected chi connectivity index (χ3v) is 5.80. The number of carbonyl (C=O) groups excluding carboxylic acids is 1. The van der Waals surface area contributed by atoms with Crippen molar-refractivity contribution in [3.05, 3.63) is 74.6 Å². The maximum atomic E-state index is 13.5. The van der Waals surface area contributed by atoms with Gasteiger partial charge in [-0.2, -0.15) is 0 Å². The maximum Gasteiger partial charge on any atom is 0.290 e. The lowest BCUT2D eigenvalue weighted by Gasteiger charge is -2.26. The zero-order valence-electron chi connectivity index (χ0n) is 18.0. The van der Waals surface area contributed by atoms with Crippen LogP contribution in [0.25, 0.3) is 11.0 Å². The zero-order chi connectivity index (χ0) is 21.6. The quantitative estimate of drug-likeness (QED) is 0.649. The first-order chi connectivity index (χ1) is 14.3. The second-order valence-electron chi connectivity index (χ2n) is 8.08. The van der Waals surface area contributed by atoms with E-state index in [0.29, 0.717) is 29.6 Å². The number of benzene rings is 2. The smallest absolute Gasteiger partial charge is 0.290 e.